The van der Waals surface area contributed by atoms with Crippen LogP contribution in [-0.4, -0.2) is 23.1 Å². The van der Waals surface area contributed by atoms with Crippen molar-refractivity contribution in [2.24, 2.45) is 5.10 Å². The molecule has 0 saturated heterocycles. The molecule has 126 valence electrons. The Bertz CT molecular complexity index is 739. The first-order chi connectivity index (χ1) is 11.2. The van der Waals surface area contributed by atoms with Crippen molar-refractivity contribution >= 4 is 17.4 Å². The van der Waals surface area contributed by atoms with E-state index in [4.69, 9.17) is 5.11 Å². The van der Waals surface area contributed by atoms with Crippen molar-refractivity contribution in [3.63, 3.8) is 0 Å². The molecule has 0 heterocycles. The number of hydrazone groups is 1. The molecule has 0 radical (unpaired) electrons. The van der Waals surface area contributed by atoms with Crippen LogP contribution in [0.1, 0.15) is 22.8 Å². The maximum absolute atomic E-state index is 12.1. The van der Waals surface area contributed by atoms with Crippen LogP contribution in [0.5, 0.6) is 5.75 Å². The molecule has 5 nitrogen and oxygen atoms in total. The summed E-state index contributed by atoms with van der Waals surface area (Å²) in [4.78, 5) is 10.7. The lowest BCUT2D eigenvalue weighted by molar-refractivity contribution is -0.274. The maximum atomic E-state index is 12.1. The molecule has 0 unspecified atom stereocenters. The number of carboxylic acid groups (broad SMARTS) is 1. The zero-order chi connectivity index (χ0) is 17.7. The summed E-state index contributed by atoms with van der Waals surface area (Å²) >= 11 is 0. The Morgan fingerprint density at radius 1 is 1.04 bits per heavy atom. The number of carboxylic acids is 1. The molecule has 0 bridgehead atoms. The van der Waals surface area contributed by atoms with Crippen molar-refractivity contribution in [2.75, 3.05) is 5.43 Å². The number of halogens is 3. The van der Waals surface area contributed by atoms with E-state index in [9.17, 15) is 18.0 Å². The molecule has 0 saturated carbocycles. The van der Waals surface area contributed by atoms with E-state index in [1.165, 1.54) is 36.4 Å². The summed E-state index contributed by atoms with van der Waals surface area (Å²) < 4.78 is 40.1. The number of rotatable bonds is 5. The standard InChI is InChI=1S/C16H13F3N2O3/c1-10(11-4-8-14(9-5-11)24-16(17,18)19)20-21-13-6-2-12(3-7-13)15(22)23/h2-9,21H,1H3,(H,22,23). The van der Waals surface area contributed by atoms with Gasteiger partial charge in [0, 0.05) is 0 Å². The van der Waals surface area contributed by atoms with E-state index in [-0.39, 0.29) is 11.3 Å². The van der Waals surface area contributed by atoms with E-state index in [0.717, 1.165) is 0 Å². The van der Waals surface area contributed by atoms with E-state index in [1.807, 2.05) is 0 Å². The van der Waals surface area contributed by atoms with Gasteiger partial charge in [-0.25, -0.2) is 4.79 Å². The molecule has 0 spiro atoms. The summed E-state index contributed by atoms with van der Waals surface area (Å²) in [7, 11) is 0. The number of ether oxygens (including phenoxy) is 1. The second-order valence-electron chi connectivity index (χ2n) is 4.76. The molecule has 0 fully saturated rings. The second-order valence-corrected chi connectivity index (χ2v) is 4.76. The van der Waals surface area contributed by atoms with Crippen molar-refractivity contribution in [1.82, 2.24) is 0 Å². The molecule has 8 heteroatoms. The third kappa shape index (κ3) is 5.01. The predicted octanol–water partition coefficient (Wildman–Crippen LogP) is 4.12. The molecule has 0 aliphatic rings. The minimum absolute atomic E-state index is 0.154. The average molecular weight is 338 g/mol. The van der Waals surface area contributed by atoms with Gasteiger partial charge >= 0.3 is 12.3 Å². The third-order valence-electron chi connectivity index (χ3n) is 2.99. The van der Waals surface area contributed by atoms with Crippen molar-refractivity contribution in [3.05, 3.63) is 59.7 Å². The van der Waals surface area contributed by atoms with Gasteiger partial charge in [-0.15, -0.1) is 13.2 Å². The van der Waals surface area contributed by atoms with Crippen molar-refractivity contribution in [2.45, 2.75) is 13.3 Å². The van der Waals surface area contributed by atoms with Gasteiger partial charge in [0.05, 0.1) is 17.0 Å². The smallest absolute Gasteiger partial charge is 0.478 e. The topological polar surface area (TPSA) is 70.9 Å². The molecule has 2 rings (SSSR count). The number of hydrogen-bond donors (Lipinski definition) is 2. The molecule has 0 atom stereocenters. The van der Waals surface area contributed by atoms with Gasteiger partial charge in [0.1, 0.15) is 5.75 Å². The summed E-state index contributed by atoms with van der Waals surface area (Å²) in [6.45, 7) is 1.68. The minimum Gasteiger partial charge on any atom is -0.478 e. The Kier molecular flexibility index (Phi) is 5.08. The summed E-state index contributed by atoms with van der Waals surface area (Å²) in [5.41, 5.74) is 4.63. The number of nitrogens with zero attached hydrogens (tertiary/aromatic N) is 1. The molecule has 24 heavy (non-hydrogen) atoms. The van der Waals surface area contributed by atoms with Gasteiger partial charge in [-0.3, -0.25) is 5.43 Å². The Hall–Kier alpha value is -3.03. The van der Waals surface area contributed by atoms with Gasteiger partial charge in [-0.2, -0.15) is 5.10 Å². The zero-order valence-corrected chi connectivity index (χ0v) is 12.5. The first-order valence-electron chi connectivity index (χ1n) is 6.74. The first kappa shape index (κ1) is 17.3. The number of carbonyl (C=O) groups is 1. The number of nitrogens with one attached hydrogen (secondary N) is 1. The van der Waals surface area contributed by atoms with Crippen LogP contribution >= 0.6 is 0 Å². The monoisotopic (exact) mass is 338 g/mol. The number of aromatic carboxylic acids is 1. The quantitative estimate of drug-likeness (QED) is 0.635. The van der Waals surface area contributed by atoms with Gasteiger partial charge < -0.3 is 9.84 Å². The number of hydrogen-bond acceptors (Lipinski definition) is 4. The molecule has 0 amide bonds. The van der Waals surface area contributed by atoms with E-state index < -0.39 is 12.3 Å². The minimum atomic E-state index is -4.73. The largest absolute Gasteiger partial charge is 0.573 e. The zero-order valence-electron chi connectivity index (χ0n) is 12.5. The van der Waals surface area contributed by atoms with Crippen molar-refractivity contribution in [1.29, 1.82) is 0 Å². The molecule has 0 aliphatic heterocycles. The van der Waals surface area contributed by atoms with Crippen LogP contribution in [0.2, 0.25) is 0 Å². The van der Waals surface area contributed by atoms with Crippen molar-refractivity contribution in [3.8, 4) is 5.75 Å². The Morgan fingerprint density at radius 2 is 1.58 bits per heavy atom. The lowest BCUT2D eigenvalue weighted by Crippen LogP contribution is -2.17. The van der Waals surface area contributed by atoms with Gasteiger partial charge in [0.2, 0.25) is 0 Å². The lowest BCUT2D eigenvalue weighted by atomic mass is 10.1. The number of alkyl halides is 3. The fraction of sp³-hybridized carbons (Fsp3) is 0.125. The van der Waals surface area contributed by atoms with Gasteiger partial charge in [-0.05, 0) is 61.0 Å². The first-order valence-corrected chi connectivity index (χ1v) is 6.74. The highest BCUT2D eigenvalue weighted by Crippen LogP contribution is 2.23. The molecule has 2 aromatic rings. The molecule has 0 aliphatic carbocycles. The summed E-state index contributed by atoms with van der Waals surface area (Å²) in [6, 6.07) is 11.3. The molecule has 2 aromatic carbocycles. The van der Waals surface area contributed by atoms with Crippen LogP contribution in [0.25, 0.3) is 0 Å². The highest BCUT2D eigenvalue weighted by atomic mass is 19.4. The fourth-order valence-electron chi connectivity index (χ4n) is 1.80. The van der Waals surface area contributed by atoms with E-state index in [2.05, 4.69) is 15.3 Å². The van der Waals surface area contributed by atoms with Gasteiger partial charge in [-0.1, -0.05) is 0 Å². The SMILES string of the molecule is CC(=NNc1ccc(C(=O)O)cc1)c1ccc(OC(F)(F)F)cc1. The highest BCUT2D eigenvalue weighted by Gasteiger charge is 2.30. The van der Waals surface area contributed by atoms with Crippen molar-refractivity contribution < 1.29 is 27.8 Å². The lowest BCUT2D eigenvalue weighted by Gasteiger charge is -2.09. The Balaban J connectivity index is 2.03. The second kappa shape index (κ2) is 7.03. The predicted molar refractivity (Wildman–Crippen MR) is 82.4 cm³/mol. The summed E-state index contributed by atoms with van der Waals surface area (Å²) in [5, 5.41) is 12.9. The number of anilines is 1. The third-order valence-corrected chi connectivity index (χ3v) is 2.99. The van der Waals surface area contributed by atoms with Crippen LogP contribution in [0.4, 0.5) is 18.9 Å². The highest BCUT2D eigenvalue weighted by molar-refractivity contribution is 5.99. The van der Waals surface area contributed by atoms with Crippen LogP contribution in [0.15, 0.2) is 53.6 Å². The molecule has 2 N–H and O–H groups in total. The van der Waals surface area contributed by atoms with Crippen LogP contribution < -0.4 is 10.2 Å². The Labute approximate surface area is 135 Å². The number of benzene rings is 2. The van der Waals surface area contributed by atoms with E-state index in [1.54, 1.807) is 19.1 Å². The Morgan fingerprint density at radius 3 is 2.08 bits per heavy atom. The summed E-state index contributed by atoms with van der Waals surface area (Å²) in [5.74, 6) is -1.33. The van der Waals surface area contributed by atoms with Gasteiger partial charge in [0.15, 0.2) is 0 Å². The van der Waals surface area contributed by atoms with Gasteiger partial charge in [0.25, 0.3) is 0 Å². The van der Waals surface area contributed by atoms with E-state index in [0.29, 0.717) is 17.0 Å². The normalized spacial score (nSPS) is 11.9. The van der Waals surface area contributed by atoms with Crippen LogP contribution in [0, 0.1) is 0 Å². The fourth-order valence-corrected chi connectivity index (χ4v) is 1.80. The maximum Gasteiger partial charge on any atom is 0.573 e. The van der Waals surface area contributed by atoms with Crippen LogP contribution in [0.3, 0.4) is 0 Å². The summed E-state index contributed by atoms with van der Waals surface area (Å²) in [6.07, 6.45) is -4.73. The van der Waals surface area contributed by atoms with E-state index >= 15 is 0 Å². The molecule has 0 aromatic heterocycles. The molecular weight excluding hydrogens is 325 g/mol. The van der Waals surface area contributed by atoms with Crippen LogP contribution in [-0.2, 0) is 0 Å². The average Bonchev–Trinajstić information content (AvgIpc) is 2.52. The molecular formula is C16H13F3N2O3.